The molecule has 2 heterocycles. The summed E-state index contributed by atoms with van der Waals surface area (Å²) in [6.07, 6.45) is 5.87. The van der Waals surface area contributed by atoms with Gasteiger partial charge in [0.1, 0.15) is 6.61 Å². The lowest BCUT2D eigenvalue weighted by Crippen LogP contribution is -2.40. The minimum atomic E-state index is -3.95. The van der Waals surface area contributed by atoms with Crippen LogP contribution in [0.15, 0.2) is 29.3 Å². The third-order valence-corrected chi connectivity index (χ3v) is 10.1. The van der Waals surface area contributed by atoms with Crippen LogP contribution >= 0.6 is 11.3 Å². The van der Waals surface area contributed by atoms with Gasteiger partial charge in [-0.1, -0.05) is 6.07 Å². The van der Waals surface area contributed by atoms with E-state index in [9.17, 15) is 18.0 Å². The molecule has 1 aromatic carbocycles. The molecule has 2 aliphatic rings. The van der Waals surface area contributed by atoms with Crippen molar-refractivity contribution in [2.45, 2.75) is 108 Å². The SMILES string of the molecule is CC(C)OC(=O)N[C@H]1CC[C@H](c2ncc(-c3ccc(NC(=O)OCC4CCCN4)cc3S(=O)(=O)NC(C)(C)C)s2)CC1. The minimum Gasteiger partial charge on any atom is -0.448 e. The molecule has 1 aliphatic heterocycles. The predicted octanol–water partition coefficient (Wildman–Crippen LogP) is 5.35. The van der Waals surface area contributed by atoms with Crippen molar-refractivity contribution in [3.8, 4) is 10.4 Å². The van der Waals surface area contributed by atoms with E-state index in [1.807, 2.05) is 13.8 Å². The monoisotopic (exact) mass is 621 g/mol. The highest BCUT2D eigenvalue weighted by Crippen LogP contribution is 2.40. The second-order valence-electron chi connectivity index (χ2n) is 12.3. The molecule has 1 aliphatic carbocycles. The highest BCUT2D eigenvalue weighted by molar-refractivity contribution is 7.89. The Kier molecular flexibility index (Phi) is 10.5. The molecule has 42 heavy (non-hydrogen) atoms. The fourth-order valence-corrected chi connectivity index (χ4v) is 8.07. The first-order valence-electron chi connectivity index (χ1n) is 14.6. The average Bonchev–Trinajstić information content (AvgIpc) is 3.59. The van der Waals surface area contributed by atoms with Crippen LogP contribution in [-0.4, -0.2) is 62.5 Å². The Labute approximate surface area is 252 Å². The number of thiazole rings is 1. The van der Waals surface area contributed by atoms with Crippen molar-refractivity contribution in [1.29, 1.82) is 0 Å². The van der Waals surface area contributed by atoms with E-state index < -0.39 is 21.7 Å². The van der Waals surface area contributed by atoms with E-state index in [-0.39, 0.29) is 41.7 Å². The number of nitrogens with zero attached hydrogens (tertiary/aromatic N) is 1. The molecule has 1 unspecified atom stereocenters. The van der Waals surface area contributed by atoms with Gasteiger partial charge in [-0.05, 0) is 91.8 Å². The van der Waals surface area contributed by atoms with E-state index in [0.29, 0.717) is 11.3 Å². The third kappa shape index (κ3) is 9.13. The number of sulfonamides is 1. The van der Waals surface area contributed by atoms with E-state index >= 15 is 0 Å². The molecule has 2 amide bonds. The van der Waals surface area contributed by atoms with Gasteiger partial charge >= 0.3 is 12.2 Å². The standard InChI is InChI=1S/C29H43N5O6S2/c1-18(2)40-28(36)32-20-10-8-19(9-11-20)26-31-16-24(41-26)23-13-12-21(15-25(23)42(37,38)34-29(3,4)5)33-27(35)39-17-22-7-6-14-30-22/h12-13,15-16,18-20,22,30,34H,6-11,14,17H2,1-5H3,(H,32,36)(H,33,35)/t19-,20-,22?. The maximum absolute atomic E-state index is 13.6. The number of amides is 2. The summed E-state index contributed by atoms with van der Waals surface area (Å²) in [6.45, 7) is 10.1. The van der Waals surface area contributed by atoms with Crippen molar-refractivity contribution in [3.63, 3.8) is 0 Å². The second-order valence-corrected chi connectivity index (χ2v) is 15.0. The maximum Gasteiger partial charge on any atom is 0.411 e. The van der Waals surface area contributed by atoms with E-state index in [1.165, 1.54) is 17.4 Å². The zero-order chi connectivity index (χ0) is 30.5. The van der Waals surface area contributed by atoms with Crippen LogP contribution in [-0.2, 0) is 19.5 Å². The predicted molar refractivity (Wildman–Crippen MR) is 163 cm³/mol. The van der Waals surface area contributed by atoms with Crippen molar-refractivity contribution in [3.05, 3.63) is 29.4 Å². The van der Waals surface area contributed by atoms with Crippen LogP contribution in [0.5, 0.6) is 0 Å². The van der Waals surface area contributed by atoms with Gasteiger partial charge < -0.3 is 20.1 Å². The molecule has 1 atom stereocenters. The maximum atomic E-state index is 13.6. The van der Waals surface area contributed by atoms with Crippen LogP contribution < -0.4 is 20.7 Å². The molecule has 1 saturated heterocycles. The lowest BCUT2D eigenvalue weighted by Gasteiger charge is -2.28. The average molecular weight is 622 g/mol. The number of carbonyl (C=O) groups excluding carboxylic acids is 2. The Balaban J connectivity index is 1.49. The van der Waals surface area contributed by atoms with Gasteiger partial charge in [0, 0.05) is 41.0 Å². The highest BCUT2D eigenvalue weighted by atomic mass is 32.2. The Morgan fingerprint density at radius 2 is 1.86 bits per heavy atom. The molecule has 0 spiro atoms. The third-order valence-electron chi connectivity index (χ3n) is 7.07. The zero-order valence-electron chi connectivity index (χ0n) is 25.0. The summed E-state index contributed by atoms with van der Waals surface area (Å²) in [5.74, 6) is 0.223. The molecular formula is C29H43N5O6S2. The summed E-state index contributed by atoms with van der Waals surface area (Å²) in [5.41, 5.74) is 0.125. The highest BCUT2D eigenvalue weighted by Gasteiger charge is 2.29. The van der Waals surface area contributed by atoms with Crippen LogP contribution in [0.25, 0.3) is 10.4 Å². The molecule has 1 aromatic heterocycles. The Bertz CT molecular complexity index is 1340. The van der Waals surface area contributed by atoms with Gasteiger partial charge in [0.05, 0.1) is 20.9 Å². The van der Waals surface area contributed by atoms with E-state index in [2.05, 4.69) is 25.7 Å². The van der Waals surface area contributed by atoms with Gasteiger partial charge in [-0.25, -0.2) is 27.7 Å². The lowest BCUT2D eigenvalue weighted by molar-refractivity contribution is 0.109. The first-order chi connectivity index (χ1) is 19.8. The number of anilines is 1. The van der Waals surface area contributed by atoms with Crippen LogP contribution in [0.2, 0.25) is 0 Å². The molecule has 4 rings (SSSR count). The molecule has 0 bridgehead atoms. The Hall–Kier alpha value is -2.74. The van der Waals surface area contributed by atoms with Crippen LogP contribution in [0.3, 0.4) is 0 Å². The summed E-state index contributed by atoms with van der Waals surface area (Å²) in [5, 5.41) is 9.83. The van der Waals surface area contributed by atoms with Crippen LogP contribution in [0, 0.1) is 0 Å². The fourth-order valence-electron chi connectivity index (χ4n) is 5.21. The molecule has 2 fully saturated rings. The number of rotatable bonds is 9. The summed E-state index contributed by atoms with van der Waals surface area (Å²) in [7, 11) is -3.95. The first kappa shape index (κ1) is 32.2. The second kappa shape index (κ2) is 13.7. The van der Waals surface area contributed by atoms with Gasteiger partial charge in [0.25, 0.3) is 0 Å². The quantitative estimate of drug-likeness (QED) is 0.293. The van der Waals surface area contributed by atoms with Crippen molar-refractivity contribution >= 4 is 39.2 Å². The van der Waals surface area contributed by atoms with Gasteiger partial charge in [-0.3, -0.25) is 5.32 Å². The van der Waals surface area contributed by atoms with Crippen molar-refractivity contribution < 1.29 is 27.5 Å². The van der Waals surface area contributed by atoms with E-state index in [0.717, 1.165) is 55.0 Å². The number of hydrogen-bond donors (Lipinski definition) is 4. The Morgan fingerprint density at radius 1 is 1.12 bits per heavy atom. The molecule has 0 radical (unpaired) electrons. The number of aromatic nitrogens is 1. The number of nitrogens with one attached hydrogen (secondary N) is 4. The smallest absolute Gasteiger partial charge is 0.411 e. The molecule has 2 aromatic rings. The van der Waals surface area contributed by atoms with Gasteiger partial charge in [0.15, 0.2) is 0 Å². The zero-order valence-corrected chi connectivity index (χ0v) is 26.6. The molecule has 1 saturated carbocycles. The van der Waals surface area contributed by atoms with Gasteiger partial charge in [-0.15, -0.1) is 11.3 Å². The topological polar surface area (TPSA) is 148 Å². The molecule has 232 valence electrons. The van der Waals surface area contributed by atoms with Crippen LogP contribution in [0.1, 0.15) is 84.1 Å². The van der Waals surface area contributed by atoms with Gasteiger partial charge in [-0.2, -0.15) is 0 Å². The number of carbonyl (C=O) groups is 2. The Morgan fingerprint density at radius 3 is 2.50 bits per heavy atom. The molecular weight excluding hydrogens is 578 g/mol. The molecule has 11 nitrogen and oxygen atoms in total. The largest absolute Gasteiger partial charge is 0.448 e. The first-order valence-corrected chi connectivity index (χ1v) is 16.9. The number of alkyl carbamates (subject to hydrolysis) is 1. The van der Waals surface area contributed by atoms with Gasteiger partial charge in [0.2, 0.25) is 10.0 Å². The minimum absolute atomic E-state index is 0.0551. The van der Waals surface area contributed by atoms with Crippen molar-refractivity contribution in [2.75, 3.05) is 18.5 Å². The van der Waals surface area contributed by atoms with E-state index in [4.69, 9.17) is 9.47 Å². The molecule has 4 N–H and O–H groups in total. The summed E-state index contributed by atoms with van der Waals surface area (Å²) in [6, 6.07) is 5.04. The summed E-state index contributed by atoms with van der Waals surface area (Å²) >= 11 is 1.47. The fraction of sp³-hybridized carbons (Fsp3) is 0.621. The van der Waals surface area contributed by atoms with Crippen LogP contribution in [0.4, 0.5) is 15.3 Å². The summed E-state index contributed by atoms with van der Waals surface area (Å²) in [4.78, 5) is 29.9. The number of hydrogen-bond acceptors (Lipinski definition) is 9. The van der Waals surface area contributed by atoms with Crippen molar-refractivity contribution in [2.24, 2.45) is 0 Å². The lowest BCUT2D eigenvalue weighted by atomic mass is 9.86. The molecule has 13 heteroatoms. The van der Waals surface area contributed by atoms with Crippen molar-refractivity contribution in [1.82, 2.24) is 20.3 Å². The number of benzene rings is 1. The van der Waals surface area contributed by atoms with E-state index in [1.54, 1.807) is 39.1 Å². The number of ether oxygens (including phenoxy) is 2. The summed E-state index contributed by atoms with van der Waals surface area (Å²) < 4.78 is 40.4. The normalized spacial score (nSPS) is 21.2.